The number of hydrogen-bond donors (Lipinski definition) is 0. The molecule has 0 bridgehead atoms. The molecule has 84 valence electrons. The molecular formula is C12H11ClO3. The summed E-state index contributed by atoms with van der Waals surface area (Å²) < 4.78 is 10.5. The van der Waals surface area contributed by atoms with Gasteiger partial charge < -0.3 is 9.15 Å². The normalized spacial score (nSPS) is 10.7. The van der Waals surface area contributed by atoms with Crippen LogP contribution in [0.25, 0.3) is 11.0 Å². The molecule has 1 aromatic carbocycles. The Morgan fingerprint density at radius 1 is 1.56 bits per heavy atom. The number of carbonyl (C=O) groups is 1. The van der Waals surface area contributed by atoms with E-state index < -0.39 is 0 Å². The van der Waals surface area contributed by atoms with Crippen molar-refractivity contribution < 1.29 is 13.9 Å². The number of rotatable bonds is 3. The molecule has 2 rings (SSSR count). The van der Waals surface area contributed by atoms with Crippen molar-refractivity contribution in [2.24, 2.45) is 0 Å². The summed E-state index contributed by atoms with van der Waals surface area (Å²) >= 11 is 6.19. The summed E-state index contributed by atoms with van der Waals surface area (Å²) in [7, 11) is 1.56. The van der Waals surface area contributed by atoms with Gasteiger partial charge in [-0.15, -0.1) is 0 Å². The van der Waals surface area contributed by atoms with E-state index in [1.54, 1.807) is 25.5 Å². The van der Waals surface area contributed by atoms with Crippen LogP contribution in [0.1, 0.15) is 12.5 Å². The van der Waals surface area contributed by atoms with Gasteiger partial charge in [0.25, 0.3) is 0 Å². The summed E-state index contributed by atoms with van der Waals surface area (Å²) in [6, 6.07) is 3.51. The van der Waals surface area contributed by atoms with Gasteiger partial charge in [-0.3, -0.25) is 4.79 Å². The standard InChI is InChI=1S/C12H11ClO3/c1-7(14)5-8-6-10(15-2)12-9(11(8)13)3-4-16-12/h3-4,6H,5H2,1-2H3. The molecule has 1 aromatic heterocycles. The molecule has 0 aliphatic carbocycles. The number of hydrogen-bond acceptors (Lipinski definition) is 3. The van der Waals surface area contributed by atoms with Crippen molar-refractivity contribution in [2.75, 3.05) is 7.11 Å². The number of ether oxygens (including phenoxy) is 1. The van der Waals surface area contributed by atoms with E-state index in [1.165, 1.54) is 6.92 Å². The minimum Gasteiger partial charge on any atom is -0.493 e. The van der Waals surface area contributed by atoms with E-state index in [9.17, 15) is 4.79 Å². The molecule has 0 radical (unpaired) electrons. The quantitative estimate of drug-likeness (QED) is 0.824. The topological polar surface area (TPSA) is 39.4 Å². The van der Waals surface area contributed by atoms with Crippen molar-refractivity contribution in [3.63, 3.8) is 0 Å². The second-order valence-electron chi connectivity index (χ2n) is 3.59. The Kier molecular flexibility index (Phi) is 2.88. The molecule has 3 nitrogen and oxygen atoms in total. The Labute approximate surface area is 97.9 Å². The first-order valence-electron chi connectivity index (χ1n) is 4.85. The molecule has 1 heterocycles. The highest BCUT2D eigenvalue weighted by molar-refractivity contribution is 6.36. The zero-order chi connectivity index (χ0) is 11.7. The van der Waals surface area contributed by atoms with Crippen LogP contribution in [0.4, 0.5) is 0 Å². The SMILES string of the molecule is COc1cc(CC(C)=O)c(Cl)c2ccoc12. The fraction of sp³-hybridized carbons (Fsp3) is 0.250. The third-order valence-corrected chi connectivity index (χ3v) is 2.82. The van der Waals surface area contributed by atoms with Crippen molar-refractivity contribution in [3.8, 4) is 5.75 Å². The summed E-state index contributed by atoms with van der Waals surface area (Å²) in [5, 5.41) is 1.33. The molecule has 16 heavy (non-hydrogen) atoms. The molecule has 0 N–H and O–H groups in total. The van der Waals surface area contributed by atoms with Gasteiger partial charge in [0.2, 0.25) is 0 Å². The van der Waals surface area contributed by atoms with E-state index in [1.807, 2.05) is 0 Å². The monoisotopic (exact) mass is 238 g/mol. The lowest BCUT2D eigenvalue weighted by molar-refractivity contribution is -0.116. The minimum atomic E-state index is 0.0618. The van der Waals surface area contributed by atoms with E-state index in [-0.39, 0.29) is 5.78 Å². The maximum atomic E-state index is 11.1. The second-order valence-corrected chi connectivity index (χ2v) is 3.97. The zero-order valence-electron chi connectivity index (χ0n) is 9.04. The van der Waals surface area contributed by atoms with Crippen LogP contribution in [-0.2, 0) is 11.2 Å². The van der Waals surface area contributed by atoms with Gasteiger partial charge in [-0.1, -0.05) is 11.6 Å². The average Bonchev–Trinajstić information content (AvgIpc) is 2.70. The molecule has 0 atom stereocenters. The van der Waals surface area contributed by atoms with Crippen LogP contribution >= 0.6 is 11.6 Å². The number of benzene rings is 1. The van der Waals surface area contributed by atoms with E-state index in [2.05, 4.69) is 0 Å². The Hall–Kier alpha value is -1.48. The fourth-order valence-corrected chi connectivity index (χ4v) is 1.95. The van der Waals surface area contributed by atoms with E-state index >= 15 is 0 Å². The Morgan fingerprint density at radius 2 is 2.31 bits per heavy atom. The number of furan rings is 1. The zero-order valence-corrected chi connectivity index (χ0v) is 9.80. The van der Waals surface area contributed by atoms with Crippen LogP contribution in [0.3, 0.4) is 0 Å². The Balaban J connectivity index is 2.65. The van der Waals surface area contributed by atoms with Crippen molar-refractivity contribution in [1.29, 1.82) is 0 Å². The Morgan fingerprint density at radius 3 is 2.94 bits per heavy atom. The molecule has 0 unspecified atom stereocenters. The molecule has 0 saturated carbocycles. The van der Waals surface area contributed by atoms with Crippen LogP contribution in [0.15, 0.2) is 22.8 Å². The number of methoxy groups -OCH3 is 1. The van der Waals surface area contributed by atoms with Crippen LogP contribution < -0.4 is 4.74 Å². The average molecular weight is 239 g/mol. The smallest absolute Gasteiger partial charge is 0.177 e. The van der Waals surface area contributed by atoms with Crippen molar-refractivity contribution in [2.45, 2.75) is 13.3 Å². The van der Waals surface area contributed by atoms with Gasteiger partial charge in [-0.25, -0.2) is 0 Å². The van der Waals surface area contributed by atoms with E-state index in [4.69, 9.17) is 20.8 Å². The number of fused-ring (bicyclic) bond motifs is 1. The molecule has 0 aliphatic rings. The molecule has 0 fully saturated rings. The summed E-state index contributed by atoms with van der Waals surface area (Å²) in [6.07, 6.45) is 1.85. The largest absolute Gasteiger partial charge is 0.493 e. The van der Waals surface area contributed by atoms with Crippen molar-refractivity contribution >= 4 is 28.4 Å². The lowest BCUT2D eigenvalue weighted by Gasteiger charge is -2.07. The molecule has 0 amide bonds. The summed E-state index contributed by atoms with van der Waals surface area (Å²) in [5.41, 5.74) is 1.37. The highest BCUT2D eigenvalue weighted by Gasteiger charge is 2.14. The van der Waals surface area contributed by atoms with Crippen molar-refractivity contribution in [1.82, 2.24) is 0 Å². The lowest BCUT2D eigenvalue weighted by atomic mass is 10.1. The molecule has 0 aliphatic heterocycles. The van der Waals surface area contributed by atoms with Gasteiger partial charge in [0.15, 0.2) is 11.3 Å². The number of carbonyl (C=O) groups excluding carboxylic acids is 1. The number of Topliss-reactive ketones (excluding diaryl/α,β-unsaturated/α-hetero) is 1. The highest BCUT2D eigenvalue weighted by Crippen LogP contribution is 2.35. The maximum absolute atomic E-state index is 11.1. The van der Waals surface area contributed by atoms with Crippen LogP contribution in [-0.4, -0.2) is 12.9 Å². The van der Waals surface area contributed by atoms with E-state index in [0.717, 1.165) is 10.9 Å². The predicted octanol–water partition coefficient (Wildman–Crippen LogP) is 3.23. The number of halogens is 1. The first kappa shape index (κ1) is 11.0. The summed E-state index contributed by atoms with van der Waals surface area (Å²) in [5.74, 6) is 0.660. The van der Waals surface area contributed by atoms with Crippen molar-refractivity contribution in [3.05, 3.63) is 29.0 Å². The van der Waals surface area contributed by atoms with Gasteiger partial charge >= 0.3 is 0 Å². The molecule has 4 heteroatoms. The van der Waals surface area contributed by atoms with E-state index in [0.29, 0.717) is 22.8 Å². The Bertz CT molecular complexity index is 542. The lowest BCUT2D eigenvalue weighted by Crippen LogP contribution is -1.98. The summed E-state index contributed by atoms with van der Waals surface area (Å²) in [4.78, 5) is 11.1. The van der Waals surface area contributed by atoms with Gasteiger partial charge in [0.1, 0.15) is 5.78 Å². The fourth-order valence-electron chi connectivity index (χ4n) is 1.68. The number of ketones is 1. The first-order chi connectivity index (χ1) is 7.63. The van der Waals surface area contributed by atoms with Crippen LogP contribution in [0.2, 0.25) is 5.02 Å². The third kappa shape index (κ3) is 1.78. The molecular weight excluding hydrogens is 228 g/mol. The molecule has 0 spiro atoms. The molecule has 2 aromatic rings. The second kappa shape index (κ2) is 4.18. The van der Waals surface area contributed by atoms with Gasteiger partial charge in [-0.05, 0) is 24.6 Å². The predicted molar refractivity (Wildman–Crippen MR) is 62.2 cm³/mol. The van der Waals surface area contributed by atoms with Gasteiger partial charge in [-0.2, -0.15) is 0 Å². The van der Waals surface area contributed by atoms with Gasteiger partial charge in [0.05, 0.1) is 18.4 Å². The maximum Gasteiger partial charge on any atom is 0.177 e. The van der Waals surface area contributed by atoms with Crippen LogP contribution in [0.5, 0.6) is 5.75 Å². The first-order valence-corrected chi connectivity index (χ1v) is 5.23. The third-order valence-electron chi connectivity index (χ3n) is 2.37. The summed E-state index contributed by atoms with van der Waals surface area (Å²) in [6.45, 7) is 1.53. The van der Waals surface area contributed by atoms with Crippen LogP contribution in [0, 0.1) is 0 Å². The highest BCUT2D eigenvalue weighted by atomic mass is 35.5. The minimum absolute atomic E-state index is 0.0618. The molecule has 0 saturated heterocycles. The van der Waals surface area contributed by atoms with Gasteiger partial charge in [0, 0.05) is 11.8 Å².